The minimum atomic E-state index is -1.17. The lowest BCUT2D eigenvalue weighted by Crippen LogP contribution is -2.66. The number of ether oxygens (including phenoxy) is 1. The van der Waals surface area contributed by atoms with Crippen molar-refractivity contribution in [1.82, 2.24) is 10.2 Å². The van der Waals surface area contributed by atoms with Crippen molar-refractivity contribution in [3.63, 3.8) is 0 Å². The lowest BCUT2D eigenvalue weighted by molar-refractivity contribution is -0.235. The number of nitrogens with zero attached hydrogens (tertiary/aromatic N) is 1. The van der Waals surface area contributed by atoms with Crippen LogP contribution >= 0.6 is 0 Å². The van der Waals surface area contributed by atoms with Crippen LogP contribution in [0.1, 0.15) is 160 Å². The first kappa shape index (κ1) is 43.3. The van der Waals surface area contributed by atoms with E-state index in [4.69, 9.17) is 4.74 Å². The Hall–Kier alpha value is -2.26. The van der Waals surface area contributed by atoms with E-state index >= 15 is 0 Å². The summed E-state index contributed by atoms with van der Waals surface area (Å²) in [5.41, 5.74) is 0.179. The molecule has 0 heterocycles. The van der Waals surface area contributed by atoms with Gasteiger partial charge in [-0.15, -0.1) is 0 Å². The molecule has 9 atom stereocenters. The Bertz CT molecular complexity index is 1590. The molecule has 0 aromatic heterocycles. The molecule has 316 valence electrons. The number of allylic oxidation sites excluding steroid dienone is 1. The van der Waals surface area contributed by atoms with E-state index in [0.717, 1.165) is 63.5 Å². The largest absolute Gasteiger partial charge is 0.481 e. The number of carbonyl (C=O) groups excluding carboxylic acids is 3. The van der Waals surface area contributed by atoms with Crippen LogP contribution in [-0.2, 0) is 23.9 Å². The Labute approximate surface area is 337 Å². The number of nitrogens with one attached hydrogen (secondary N) is 1. The molecule has 1 amide bonds. The first-order valence-corrected chi connectivity index (χ1v) is 22.3. The standard InChI is InChI=1S/C47H76N2O7/c1-28(2)39-32(50)23-47(35(51)26-49(29(3)4)27-37(52)48-25-30-13-12-14-30)22-21-45(10)31(40(39)47)15-16-34-44(9)19-18-36(56-38(53)24-42(5,6)41(54)55)43(7,8)33(44)17-20-46(34,45)11/h28-31,33-36,51H,12-27H2,1-11H3,(H,48,52)(H,54,55)/t31-,33+,34-,35+,36+,44+,45-,46-,47+/m1/s1. The molecule has 0 bridgehead atoms. The van der Waals surface area contributed by atoms with Crippen LogP contribution < -0.4 is 5.32 Å². The van der Waals surface area contributed by atoms with Gasteiger partial charge in [0, 0.05) is 36.4 Å². The number of hydrogen-bond acceptors (Lipinski definition) is 7. The van der Waals surface area contributed by atoms with Gasteiger partial charge in [-0.2, -0.15) is 0 Å². The zero-order valence-electron chi connectivity index (χ0n) is 36.8. The molecular weight excluding hydrogens is 705 g/mol. The number of carbonyl (C=O) groups is 4. The smallest absolute Gasteiger partial charge is 0.309 e. The molecule has 0 radical (unpaired) electrons. The number of aliphatic hydroxyl groups is 1. The van der Waals surface area contributed by atoms with Crippen molar-refractivity contribution in [2.24, 2.45) is 62.1 Å². The number of Topliss-reactive ketones (excluding diaryl/α,β-unsaturated/α-hetero) is 1. The summed E-state index contributed by atoms with van der Waals surface area (Å²) in [6.07, 6.45) is 10.4. The molecule has 5 saturated carbocycles. The van der Waals surface area contributed by atoms with Crippen molar-refractivity contribution in [1.29, 1.82) is 0 Å². The van der Waals surface area contributed by atoms with Crippen LogP contribution in [0.25, 0.3) is 0 Å². The highest BCUT2D eigenvalue weighted by Gasteiger charge is 2.71. The fourth-order valence-corrected chi connectivity index (χ4v) is 14.0. The van der Waals surface area contributed by atoms with E-state index in [1.54, 1.807) is 13.8 Å². The summed E-state index contributed by atoms with van der Waals surface area (Å²) < 4.78 is 6.18. The summed E-state index contributed by atoms with van der Waals surface area (Å²) in [7, 11) is 0. The number of hydrogen-bond donors (Lipinski definition) is 3. The lowest BCUT2D eigenvalue weighted by Gasteiger charge is -2.72. The molecule has 6 rings (SSSR count). The fourth-order valence-electron chi connectivity index (χ4n) is 14.0. The van der Waals surface area contributed by atoms with Crippen LogP contribution in [0.4, 0.5) is 0 Å². The number of amides is 1. The maximum Gasteiger partial charge on any atom is 0.309 e. The van der Waals surface area contributed by atoms with Crippen LogP contribution in [0.3, 0.4) is 0 Å². The summed E-state index contributed by atoms with van der Waals surface area (Å²) in [6.45, 7) is 25.1. The third-order valence-corrected chi connectivity index (χ3v) is 17.8. The molecule has 0 aromatic rings. The molecule has 0 aromatic carbocycles. The second-order valence-electron chi connectivity index (χ2n) is 22.2. The summed E-state index contributed by atoms with van der Waals surface area (Å²) in [6, 6.07) is 0.0724. The summed E-state index contributed by atoms with van der Waals surface area (Å²) >= 11 is 0. The third kappa shape index (κ3) is 7.02. The topological polar surface area (TPSA) is 133 Å². The van der Waals surface area contributed by atoms with Crippen molar-refractivity contribution in [3.05, 3.63) is 11.1 Å². The van der Waals surface area contributed by atoms with Gasteiger partial charge in [0.25, 0.3) is 0 Å². The fraction of sp³-hybridized carbons (Fsp3) is 0.872. The Kier molecular flexibility index (Phi) is 11.7. The van der Waals surface area contributed by atoms with Gasteiger partial charge < -0.3 is 20.3 Å². The number of fused-ring (bicyclic) bond motifs is 7. The summed E-state index contributed by atoms with van der Waals surface area (Å²) in [5, 5.41) is 25.3. The maximum absolute atomic E-state index is 14.2. The summed E-state index contributed by atoms with van der Waals surface area (Å²) in [4.78, 5) is 54.4. The molecule has 3 N–H and O–H groups in total. The second-order valence-corrected chi connectivity index (χ2v) is 22.2. The van der Waals surface area contributed by atoms with Gasteiger partial charge in [-0.05, 0) is 143 Å². The maximum atomic E-state index is 14.2. The summed E-state index contributed by atoms with van der Waals surface area (Å²) in [5.74, 6) is 0.479. The lowest BCUT2D eigenvalue weighted by atomic mass is 9.33. The van der Waals surface area contributed by atoms with Gasteiger partial charge in [-0.1, -0.05) is 60.5 Å². The molecule has 6 aliphatic rings. The zero-order chi connectivity index (χ0) is 41.4. The number of carboxylic acids is 1. The molecule has 5 fully saturated rings. The van der Waals surface area contributed by atoms with Crippen molar-refractivity contribution < 1.29 is 34.1 Å². The average Bonchev–Trinajstić information content (AvgIpc) is 3.38. The number of esters is 1. The van der Waals surface area contributed by atoms with Gasteiger partial charge in [0.1, 0.15) is 6.10 Å². The zero-order valence-corrected chi connectivity index (χ0v) is 36.8. The Morgan fingerprint density at radius 2 is 1.57 bits per heavy atom. The van der Waals surface area contributed by atoms with E-state index in [-0.39, 0.29) is 70.3 Å². The number of ketones is 1. The van der Waals surface area contributed by atoms with Crippen molar-refractivity contribution in [3.8, 4) is 0 Å². The van der Waals surface area contributed by atoms with Crippen LogP contribution in [-0.4, -0.2) is 76.6 Å². The predicted molar refractivity (Wildman–Crippen MR) is 218 cm³/mol. The van der Waals surface area contributed by atoms with Crippen molar-refractivity contribution in [2.45, 2.75) is 178 Å². The van der Waals surface area contributed by atoms with Crippen LogP contribution in [0.5, 0.6) is 0 Å². The normalized spacial score (nSPS) is 37.4. The molecule has 9 heteroatoms. The first-order valence-electron chi connectivity index (χ1n) is 22.3. The van der Waals surface area contributed by atoms with Crippen LogP contribution in [0, 0.1) is 62.1 Å². The van der Waals surface area contributed by atoms with E-state index in [1.165, 1.54) is 24.8 Å². The van der Waals surface area contributed by atoms with Crippen LogP contribution in [0.15, 0.2) is 11.1 Å². The van der Waals surface area contributed by atoms with E-state index in [2.05, 4.69) is 72.5 Å². The molecule has 9 nitrogen and oxygen atoms in total. The molecule has 6 aliphatic carbocycles. The van der Waals surface area contributed by atoms with E-state index < -0.39 is 28.9 Å². The van der Waals surface area contributed by atoms with Gasteiger partial charge in [0.2, 0.25) is 5.91 Å². The monoisotopic (exact) mass is 781 g/mol. The number of aliphatic hydroxyl groups excluding tert-OH is 1. The van der Waals surface area contributed by atoms with Gasteiger partial charge in [0.05, 0.1) is 24.5 Å². The molecular formula is C47H76N2O7. The molecule has 0 unspecified atom stereocenters. The molecule has 56 heavy (non-hydrogen) atoms. The molecule has 0 aliphatic heterocycles. The average molecular weight is 781 g/mol. The predicted octanol–water partition coefficient (Wildman–Crippen LogP) is 8.37. The van der Waals surface area contributed by atoms with Gasteiger partial charge in [-0.3, -0.25) is 24.1 Å². The third-order valence-electron chi connectivity index (χ3n) is 17.8. The SMILES string of the molecule is CC(C)C1=C2[C@H]3CC[C@@H]4[C@@]5(C)CC[C@H](OC(=O)CC(C)(C)C(=O)O)C(C)(C)[C@@H]5CC[C@@]4(C)[C@]3(C)CC[C@@]2([C@@H](O)CN(CC(=O)NCC2CCC2)C(C)C)CC1=O. The highest BCUT2D eigenvalue weighted by molar-refractivity contribution is 6.00. The van der Waals surface area contributed by atoms with Crippen LogP contribution in [0.2, 0.25) is 0 Å². The molecule has 0 spiro atoms. The first-order chi connectivity index (χ1) is 25.9. The minimum Gasteiger partial charge on any atom is -0.481 e. The van der Waals surface area contributed by atoms with Gasteiger partial charge in [0.15, 0.2) is 5.78 Å². The van der Waals surface area contributed by atoms with E-state index in [9.17, 15) is 29.4 Å². The van der Waals surface area contributed by atoms with Gasteiger partial charge >= 0.3 is 11.9 Å². The highest BCUT2D eigenvalue weighted by atomic mass is 16.5. The van der Waals surface area contributed by atoms with Gasteiger partial charge in [-0.25, -0.2) is 0 Å². The highest BCUT2D eigenvalue weighted by Crippen LogP contribution is 2.77. The van der Waals surface area contributed by atoms with E-state index in [1.807, 2.05) is 0 Å². The molecule has 0 saturated heterocycles. The van der Waals surface area contributed by atoms with Crippen molar-refractivity contribution >= 4 is 23.6 Å². The Morgan fingerprint density at radius 3 is 2.16 bits per heavy atom. The minimum absolute atomic E-state index is 0.0144. The van der Waals surface area contributed by atoms with Crippen molar-refractivity contribution in [2.75, 3.05) is 19.6 Å². The number of rotatable bonds is 13. The number of carboxylic acid groups (broad SMARTS) is 1. The quantitative estimate of drug-likeness (QED) is 0.159. The second kappa shape index (κ2) is 15.1. The Balaban J connectivity index is 1.25. The number of aliphatic carboxylic acids is 1. The Morgan fingerprint density at radius 1 is 0.893 bits per heavy atom. The van der Waals surface area contributed by atoms with E-state index in [0.29, 0.717) is 30.7 Å².